The molecule has 348 valence electrons. The maximum Gasteiger partial charge on any atom is 0.422 e. The van der Waals surface area contributed by atoms with Crippen molar-refractivity contribution in [2.24, 2.45) is 0 Å². The van der Waals surface area contributed by atoms with Crippen molar-refractivity contribution in [2.75, 3.05) is 0 Å². The Morgan fingerprint density at radius 3 is 1.34 bits per heavy atom. The Kier molecular flexibility index (Phi) is 14.1. The van der Waals surface area contributed by atoms with Crippen LogP contribution in [0, 0.1) is 0 Å². The largest absolute Gasteiger partial charge is 0.456 e. The van der Waals surface area contributed by atoms with E-state index in [1.165, 1.54) is 105 Å². The molecule has 1 unspecified atom stereocenters. The molecule has 21 heteroatoms. The first-order valence-corrected chi connectivity index (χ1v) is 21.3. The molecule has 0 radical (unpaired) electrons. The molecule has 10 nitrogen and oxygen atoms in total. The van der Waals surface area contributed by atoms with E-state index in [4.69, 9.17) is 18.9 Å². The summed E-state index contributed by atoms with van der Waals surface area (Å²) in [6, 6.07) is 14.7. The van der Waals surface area contributed by atoms with Crippen LogP contribution in [0.5, 0.6) is 5.75 Å². The lowest BCUT2D eigenvalue weighted by molar-refractivity contribution is -0.205. The molecule has 0 aliphatic carbocycles. The van der Waals surface area contributed by atoms with E-state index in [1.54, 1.807) is 0 Å². The fraction of sp³-hybridized carbons (Fsp3) is 0.372. The highest BCUT2D eigenvalue weighted by molar-refractivity contribution is 7.97. The average molecular weight is 954 g/mol. The van der Waals surface area contributed by atoms with Gasteiger partial charge in [-0.15, -0.1) is 0 Å². The Bertz CT molecular complexity index is 2430. The number of benzene rings is 4. The van der Waals surface area contributed by atoms with E-state index in [0.717, 1.165) is 36.4 Å². The summed E-state index contributed by atoms with van der Waals surface area (Å²) in [5.41, 5.74) is -15.7. The third-order valence-corrected chi connectivity index (χ3v) is 11.4. The Morgan fingerprint density at radius 1 is 0.547 bits per heavy atom. The molecule has 0 saturated carbocycles. The van der Waals surface area contributed by atoms with Gasteiger partial charge in [-0.2, -0.15) is 47.9 Å². The topological polar surface area (TPSA) is 142 Å². The second-order valence-electron chi connectivity index (χ2n) is 16.9. The highest BCUT2D eigenvalue weighted by Gasteiger charge is 2.63. The molecule has 1 N–H and O–H groups in total. The summed E-state index contributed by atoms with van der Waals surface area (Å²) in [5.74, 6) is -5.06. The van der Waals surface area contributed by atoms with Crippen molar-refractivity contribution < 1.29 is 85.8 Å². The lowest BCUT2D eigenvalue weighted by atomic mass is 10.00. The molecule has 0 aliphatic heterocycles. The molecule has 0 aromatic heterocycles. The first-order chi connectivity index (χ1) is 28.9. The zero-order chi connectivity index (χ0) is 48.8. The van der Waals surface area contributed by atoms with Crippen molar-refractivity contribution in [3.8, 4) is 16.9 Å². The Balaban J connectivity index is 2.08. The van der Waals surface area contributed by atoms with Gasteiger partial charge in [0.1, 0.15) is 49.5 Å². The zero-order valence-electron chi connectivity index (χ0n) is 35.4. The predicted molar refractivity (Wildman–Crippen MR) is 213 cm³/mol. The summed E-state index contributed by atoms with van der Waals surface area (Å²) < 4.78 is 190. The fourth-order valence-electron chi connectivity index (χ4n) is 5.89. The van der Waals surface area contributed by atoms with E-state index in [1.807, 2.05) is 0 Å². The molecule has 0 amide bonds. The lowest BCUT2D eigenvalue weighted by Crippen LogP contribution is -2.63. The minimum Gasteiger partial charge on any atom is -0.456 e. The molecule has 0 fully saturated rings. The van der Waals surface area contributed by atoms with Crippen molar-refractivity contribution in [1.29, 1.82) is 0 Å². The van der Waals surface area contributed by atoms with E-state index in [2.05, 4.69) is 0 Å². The molecule has 1 atom stereocenters. The van der Waals surface area contributed by atoms with Crippen LogP contribution in [0.15, 0.2) is 105 Å². The van der Waals surface area contributed by atoms with E-state index >= 15 is 13.2 Å². The van der Waals surface area contributed by atoms with Crippen LogP contribution in [-0.2, 0) is 68.1 Å². The maximum atomic E-state index is 15.1. The molecule has 0 heterocycles. The van der Waals surface area contributed by atoms with Gasteiger partial charge in [-0.05, 0) is 116 Å². The maximum absolute atomic E-state index is 15.1. The molecule has 4 aromatic rings. The number of carbonyl (C=O) groups excluding carboxylic acids is 3. The number of ether oxygens (including phenoxy) is 4. The smallest absolute Gasteiger partial charge is 0.422 e. The van der Waals surface area contributed by atoms with Gasteiger partial charge >= 0.3 is 42.0 Å². The van der Waals surface area contributed by atoms with Gasteiger partial charge in [-0.3, -0.25) is 4.55 Å². The first-order valence-electron chi connectivity index (χ1n) is 18.7. The van der Waals surface area contributed by atoms with Crippen LogP contribution < -0.4 is 4.74 Å². The summed E-state index contributed by atoms with van der Waals surface area (Å²) in [4.78, 5) is 36.8. The van der Waals surface area contributed by atoms with Crippen LogP contribution in [-0.4, -0.2) is 53.3 Å². The van der Waals surface area contributed by atoms with E-state index < -0.39 is 123 Å². The van der Waals surface area contributed by atoms with Crippen LogP contribution in [0.2, 0.25) is 0 Å². The Hall–Kier alpha value is -5.28. The van der Waals surface area contributed by atoms with E-state index in [-0.39, 0.29) is 16.0 Å². The van der Waals surface area contributed by atoms with Crippen molar-refractivity contribution in [3.05, 3.63) is 102 Å². The average Bonchev–Trinajstić information content (AvgIpc) is 3.10. The molecule has 0 spiro atoms. The normalized spacial score (nSPS) is 13.8. The summed E-state index contributed by atoms with van der Waals surface area (Å²) in [5, 5.41) is 0. The van der Waals surface area contributed by atoms with Gasteiger partial charge in [0.2, 0.25) is 0 Å². The third-order valence-electron chi connectivity index (χ3n) is 8.18. The van der Waals surface area contributed by atoms with Gasteiger partial charge in [0.05, 0.1) is 5.56 Å². The standard InChI is InChI=1S/C43H41F9O10S2/c1-37(2,3)60-34(53)40(35(54)61-38(4,5)6,36(55)62-39(7,8)9)59-30-18-14-13-17-27(30)24-19-21-26(22-20-24)63(25-15-11-10-12-16-25)32-28(41(44,45)46)23-29(42(47,48)49)33(64(56,57)58)31(32)43(50,51)52/h10-23H,1-9H3/p+1. The number of esters is 3. The monoisotopic (exact) mass is 953 g/mol. The lowest BCUT2D eigenvalue weighted by Gasteiger charge is -2.35. The second-order valence-corrected chi connectivity index (χ2v) is 20.2. The van der Waals surface area contributed by atoms with Gasteiger partial charge in [0.25, 0.3) is 10.1 Å². The molecule has 0 aliphatic rings. The van der Waals surface area contributed by atoms with E-state index in [0.29, 0.717) is 0 Å². The predicted octanol–water partition coefficient (Wildman–Crippen LogP) is 10.9. The molecule has 4 rings (SSSR count). The van der Waals surface area contributed by atoms with Crippen molar-refractivity contribution in [3.63, 3.8) is 0 Å². The van der Waals surface area contributed by atoms with Crippen molar-refractivity contribution in [1.82, 2.24) is 0 Å². The number of para-hydroxylation sites is 1. The second kappa shape index (κ2) is 17.6. The van der Waals surface area contributed by atoms with E-state index in [9.17, 15) is 53.7 Å². The van der Waals surface area contributed by atoms with Gasteiger partial charge in [-0.1, -0.05) is 36.4 Å². The van der Waals surface area contributed by atoms with Crippen molar-refractivity contribution >= 4 is 38.9 Å². The molecule has 0 bridgehead atoms. The summed E-state index contributed by atoms with van der Waals surface area (Å²) in [6.07, 6.45) is -18.4. The SMILES string of the molecule is CC(C)(C)OC(=O)C(Oc1ccccc1-c1ccc([S+](c2ccccc2)c2c(C(F)(F)F)cc(C(F)(F)F)c(S(=O)(=O)O)c2C(F)(F)F)cc1)(C(=O)OC(C)(C)C)C(=O)OC(C)(C)C. The number of hydrogen-bond acceptors (Lipinski definition) is 9. The number of hydrogen-bond donors (Lipinski definition) is 1. The zero-order valence-corrected chi connectivity index (χ0v) is 37.1. The highest BCUT2D eigenvalue weighted by Crippen LogP contribution is 2.52. The summed E-state index contributed by atoms with van der Waals surface area (Å²) in [6.45, 7) is 12.9. The quantitative estimate of drug-likeness (QED) is 0.0408. The Labute approximate surface area is 365 Å². The molecular formula is C43H42F9O10S2+. The summed E-state index contributed by atoms with van der Waals surface area (Å²) in [7, 11) is -9.28. The van der Waals surface area contributed by atoms with Gasteiger partial charge in [-0.25, -0.2) is 14.4 Å². The fourth-order valence-corrected chi connectivity index (χ4v) is 9.28. The molecule has 0 saturated heterocycles. The minimum absolute atomic E-state index is 0.0144. The first kappa shape index (κ1) is 51.4. The Morgan fingerprint density at radius 2 is 0.953 bits per heavy atom. The van der Waals surface area contributed by atoms with Crippen LogP contribution in [0.25, 0.3) is 11.1 Å². The van der Waals surface area contributed by atoms with Crippen LogP contribution in [0.1, 0.15) is 79.0 Å². The number of carbonyl (C=O) groups is 3. The summed E-state index contributed by atoms with van der Waals surface area (Å²) >= 11 is 0. The van der Waals surface area contributed by atoms with Crippen molar-refractivity contribution in [2.45, 2.75) is 123 Å². The van der Waals surface area contributed by atoms with Gasteiger partial charge < -0.3 is 18.9 Å². The highest BCUT2D eigenvalue weighted by atomic mass is 32.2. The molecule has 4 aromatic carbocycles. The number of alkyl halides is 9. The van der Waals surface area contributed by atoms with Crippen LogP contribution in [0.4, 0.5) is 39.5 Å². The third kappa shape index (κ3) is 11.9. The van der Waals surface area contributed by atoms with Gasteiger partial charge in [0, 0.05) is 5.56 Å². The number of rotatable bonds is 10. The van der Waals surface area contributed by atoms with Gasteiger partial charge in [0.15, 0.2) is 14.7 Å². The van der Waals surface area contributed by atoms with Crippen LogP contribution >= 0.6 is 0 Å². The minimum atomic E-state index is -6.54. The molecule has 64 heavy (non-hydrogen) atoms. The molecular weight excluding hydrogens is 912 g/mol. The van der Waals surface area contributed by atoms with Crippen LogP contribution in [0.3, 0.4) is 0 Å². The number of halogens is 9.